The van der Waals surface area contributed by atoms with Crippen molar-refractivity contribution in [3.63, 3.8) is 0 Å². The lowest BCUT2D eigenvalue weighted by Gasteiger charge is -2.08. The third-order valence-corrected chi connectivity index (χ3v) is 17.4. The molecule has 0 saturated heterocycles. The number of hydrogen-bond donors (Lipinski definition) is 2. The van der Waals surface area contributed by atoms with Gasteiger partial charge in [-0.2, -0.15) is 0 Å². The van der Waals surface area contributed by atoms with E-state index in [0.29, 0.717) is 8.95 Å². The highest BCUT2D eigenvalue weighted by Crippen LogP contribution is 2.49. The molecule has 8 aromatic carbocycles. The van der Waals surface area contributed by atoms with Gasteiger partial charge in [-0.3, -0.25) is 0 Å². The number of halogens is 3. The average Bonchev–Trinajstić information content (AvgIpc) is 3.88. The number of hydrogen-bond acceptors (Lipinski definition) is 12. The summed E-state index contributed by atoms with van der Waals surface area (Å²) in [6, 6.07) is 60.4. The maximum atomic E-state index is 13.2. The smallest absolute Gasteiger partial charge is 0.341 e. The summed E-state index contributed by atoms with van der Waals surface area (Å²) in [6.45, 7) is -1.06. The minimum atomic E-state index is -4.42. The van der Waals surface area contributed by atoms with E-state index in [-0.39, 0.29) is 49.4 Å². The molecular formula is C54H41Br2FO12S4. The number of aromatic hydroxyl groups is 2. The molecule has 374 valence electrons. The van der Waals surface area contributed by atoms with Gasteiger partial charge in [0, 0.05) is 63.6 Å². The number of fused-ring (bicyclic) bond motifs is 6. The van der Waals surface area contributed by atoms with Crippen molar-refractivity contribution in [3.05, 3.63) is 214 Å². The second kappa shape index (κ2) is 24.4. The van der Waals surface area contributed by atoms with Gasteiger partial charge in [-0.1, -0.05) is 98.6 Å². The standard InChI is InChI=1S/C18H12FS.C18H13S.2C9H9BrO6S/c19-13-9-11-14(12-10-13)20-17-7-3-1-5-15(17)16-6-2-4-8-18(16)20;1-2-8-14(9-3-1)19-17-12-6-4-10-15(17)16-11-5-7-13-18(16)19;10-7-3-6(4-8(11)5-7)9(12)16-1-2-17(13,14)15;10-6-1-2-8(11)7(5-6)9(12)16-3-4-17(13,14)15/h1-12H;1-13H;3-5,11H,1-2H2,(H,13,14,15);1-2,5,11H,3-4H2,(H,13,14,15)/q2*+1;;/p-2. The van der Waals surface area contributed by atoms with Crippen molar-refractivity contribution in [2.45, 2.75) is 0 Å². The van der Waals surface area contributed by atoms with Gasteiger partial charge in [0.25, 0.3) is 0 Å². The number of ether oxygens (including phenoxy) is 2. The van der Waals surface area contributed by atoms with Gasteiger partial charge in [0.05, 0.1) is 37.3 Å². The molecule has 0 atom stereocenters. The molecule has 0 bridgehead atoms. The summed E-state index contributed by atoms with van der Waals surface area (Å²) in [4.78, 5) is 25.4. The van der Waals surface area contributed by atoms with E-state index >= 15 is 0 Å². The molecule has 2 N–H and O–H groups in total. The third-order valence-electron chi connectivity index (χ3n) is 10.5. The molecule has 12 nitrogen and oxygen atoms in total. The summed E-state index contributed by atoms with van der Waals surface area (Å²) in [6.07, 6.45) is 0. The van der Waals surface area contributed by atoms with E-state index in [4.69, 9.17) is 0 Å². The Morgan fingerprint density at radius 1 is 0.493 bits per heavy atom. The SMILES string of the molecule is Fc1ccc(-[s+]2c3ccccc3c3ccccc32)cc1.O=C(OCCS(=O)(=O)[O-])c1cc(Br)ccc1O.O=C(OCCS(=O)(=O)[O-])c1cc(O)cc(Br)c1.c1ccc(-[s+]2c3ccccc3c3ccccc32)cc1. The van der Waals surface area contributed by atoms with Crippen LogP contribution in [0, 0.1) is 5.82 Å². The first kappa shape index (κ1) is 54.2. The summed E-state index contributed by atoms with van der Waals surface area (Å²) in [7, 11) is -8.88. The Morgan fingerprint density at radius 3 is 1.34 bits per heavy atom. The van der Waals surface area contributed by atoms with E-state index in [1.54, 1.807) is 12.1 Å². The molecule has 2 heterocycles. The van der Waals surface area contributed by atoms with E-state index in [0.717, 1.165) is 0 Å². The van der Waals surface area contributed by atoms with Crippen LogP contribution < -0.4 is 0 Å². The molecular weight excluding hydrogens is 1150 g/mol. The maximum Gasteiger partial charge on any atom is 0.341 e. The third kappa shape index (κ3) is 14.6. The number of carbonyl (C=O) groups excluding carboxylic acids is 2. The Morgan fingerprint density at radius 2 is 0.904 bits per heavy atom. The first-order valence-corrected chi connectivity index (χ1v) is 28.9. The highest BCUT2D eigenvalue weighted by atomic mass is 79.9. The highest BCUT2D eigenvalue weighted by Gasteiger charge is 2.24. The monoisotopic (exact) mass is 1190 g/mol. The zero-order chi connectivity index (χ0) is 52.3. The lowest BCUT2D eigenvalue weighted by atomic mass is 10.2. The number of esters is 2. The van der Waals surface area contributed by atoms with Crippen LogP contribution in [-0.2, 0) is 29.7 Å². The van der Waals surface area contributed by atoms with Crippen LogP contribution in [0.3, 0.4) is 0 Å². The molecule has 0 aliphatic heterocycles. The molecule has 0 amide bonds. The van der Waals surface area contributed by atoms with Gasteiger partial charge in [-0.15, -0.1) is 0 Å². The van der Waals surface area contributed by atoms with Gasteiger partial charge in [0.15, 0.2) is 28.6 Å². The van der Waals surface area contributed by atoms with E-state index in [1.165, 1.54) is 86.5 Å². The van der Waals surface area contributed by atoms with Crippen LogP contribution in [0.2, 0.25) is 0 Å². The van der Waals surface area contributed by atoms with Gasteiger partial charge in [-0.05, 0) is 109 Å². The quantitative estimate of drug-likeness (QED) is 0.0745. The summed E-state index contributed by atoms with van der Waals surface area (Å²) < 4.78 is 90.5. The lowest BCUT2D eigenvalue weighted by Crippen LogP contribution is -2.15. The number of thiophene rings is 2. The average molecular weight is 1190 g/mol. The summed E-state index contributed by atoms with van der Waals surface area (Å²) >= 11 is 6.17. The molecule has 73 heavy (non-hydrogen) atoms. The lowest BCUT2D eigenvalue weighted by molar-refractivity contribution is 0.0515. The predicted octanol–water partition coefficient (Wildman–Crippen LogP) is 13.3. The zero-order valence-corrected chi connectivity index (χ0v) is 44.4. The second-order valence-corrected chi connectivity index (χ2v) is 24.3. The molecule has 0 radical (unpaired) electrons. The summed E-state index contributed by atoms with van der Waals surface area (Å²) in [5.41, 5.74) is -0.0529. The Labute approximate surface area is 441 Å². The highest BCUT2D eigenvalue weighted by molar-refractivity contribution is 9.10. The van der Waals surface area contributed by atoms with Gasteiger partial charge in [0.1, 0.15) is 36.1 Å². The predicted molar refractivity (Wildman–Crippen MR) is 292 cm³/mol. The second-order valence-electron chi connectivity index (χ2n) is 15.5. The van der Waals surface area contributed by atoms with E-state index in [1.807, 2.05) is 12.1 Å². The molecule has 10 aromatic rings. The summed E-state index contributed by atoms with van der Waals surface area (Å²) in [5.74, 6) is -3.89. The molecule has 10 rings (SSSR count). The van der Waals surface area contributed by atoms with Crippen LogP contribution >= 0.6 is 52.8 Å². The van der Waals surface area contributed by atoms with Crippen LogP contribution in [0.15, 0.2) is 197 Å². The molecule has 0 saturated carbocycles. The first-order chi connectivity index (χ1) is 34.9. The number of phenols is 2. The molecule has 0 aliphatic carbocycles. The van der Waals surface area contributed by atoms with Crippen molar-refractivity contribution in [1.82, 2.24) is 0 Å². The molecule has 0 aliphatic rings. The fraction of sp³-hybridized carbons (Fsp3) is 0.0741. The number of carbonyl (C=O) groups is 2. The van der Waals surface area contributed by atoms with Gasteiger partial charge in [-0.25, -0.2) is 30.8 Å². The van der Waals surface area contributed by atoms with Crippen LogP contribution in [0.25, 0.3) is 50.1 Å². The maximum absolute atomic E-state index is 13.2. The minimum Gasteiger partial charge on any atom is -0.748 e. The Bertz CT molecular complexity index is 3680. The number of rotatable bonds is 10. The minimum absolute atomic E-state index is 0.0557. The fourth-order valence-electron chi connectivity index (χ4n) is 7.34. The normalized spacial score (nSPS) is 11.2. The van der Waals surface area contributed by atoms with Crippen molar-refractivity contribution >= 4 is 125 Å². The van der Waals surface area contributed by atoms with E-state index in [9.17, 15) is 50.1 Å². The fourth-order valence-corrected chi connectivity index (χ4v) is 13.5. The van der Waals surface area contributed by atoms with Crippen LogP contribution in [0.5, 0.6) is 11.5 Å². The largest absolute Gasteiger partial charge is 0.748 e. The van der Waals surface area contributed by atoms with E-state index in [2.05, 4.69) is 169 Å². The van der Waals surface area contributed by atoms with Crippen LogP contribution in [0.1, 0.15) is 20.7 Å². The topological polar surface area (TPSA) is 207 Å². The molecule has 0 unspecified atom stereocenters. The van der Waals surface area contributed by atoms with Crippen molar-refractivity contribution in [3.8, 4) is 21.3 Å². The molecule has 19 heteroatoms. The Balaban J connectivity index is 0.000000143. The van der Waals surface area contributed by atoms with Crippen molar-refractivity contribution in [2.75, 3.05) is 24.7 Å². The molecule has 0 fully saturated rings. The Kier molecular flexibility index (Phi) is 18.2. The summed E-state index contributed by atoms with van der Waals surface area (Å²) in [5, 5.41) is 24.0. The van der Waals surface area contributed by atoms with Gasteiger partial charge in [0.2, 0.25) is 0 Å². The van der Waals surface area contributed by atoms with Crippen LogP contribution in [0.4, 0.5) is 4.39 Å². The van der Waals surface area contributed by atoms with Gasteiger partial charge < -0.3 is 28.8 Å². The van der Waals surface area contributed by atoms with Crippen LogP contribution in [-0.4, -0.2) is 72.8 Å². The van der Waals surface area contributed by atoms with Gasteiger partial charge >= 0.3 is 11.9 Å². The van der Waals surface area contributed by atoms with Crippen molar-refractivity contribution < 1.29 is 59.6 Å². The Hall–Kier alpha value is -6.55. The van der Waals surface area contributed by atoms with Crippen molar-refractivity contribution in [1.29, 1.82) is 0 Å². The molecule has 0 spiro atoms. The zero-order valence-electron chi connectivity index (χ0n) is 38.0. The number of benzene rings is 8. The molecule has 2 aromatic heterocycles. The number of phenolic OH excluding ortho intramolecular Hbond substituents is 2. The first-order valence-electron chi connectivity index (χ1n) is 21.7. The van der Waals surface area contributed by atoms with Crippen molar-refractivity contribution in [2.24, 2.45) is 0 Å². The van der Waals surface area contributed by atoms with E-state index < -0.39 is 56.9 Å².